The Balaban J connectivity index is 2.42. The Kier molecular flexibility index (Phi) is 5.06. The molecule has 0 radical (unpaired) electrons. The van der Waals surface area contributed by atoms with Gasteiger partial charge in [-0.05, 0) is 35.9 Å². The van der Waals surface area contributed by atoms with E-state index >= 15 is 0 Å². The minimum atomic E-state index is -0.533. The third-order valence-corrected chi connectivity index (χ3v) is 4.71. The van der Waals surface area contributed by atoms with Crippen LogP contribution < -0.4 is 20.1 Å². The summed E-state index contributed by atoms with van der Waals surface area (Å²) in [4.78, 5) is 29.1. The van der Waals surface area contributed by atoms with Crippen molar-refractivity contribution in [2.45, 2.75) is 0 Å². The average molecular weight is 362 g/mol. The second-order valence-electron chi connectivity index (χ2n) is 5.24. The van der Waals surface area contributed by atoms with Gasteiger partial charge in [-0.15, -0.1) is 11.3 Å². The molecule has 3 rings (SSSR count). The van der Waals surface area contributed by atoms with E-state index in [1.807, 2.05) is 12.1 Å². The third-order valence-electron chi connectivity index (χ3n) is 3.62. The Morgan fingerprint density at radius 2 is 1.92 bits per heavy atom. The number of rotatable bonds is 3. The lowest BCUT2D eigenvalue weighted by Crippen LogP contribution is -2.33. The van der Waals surface area contributed by atoms with E-state index in [9.17, 15) is 14.9 Å². The third kappa shape index (κ3) is 3.31. The van der Waals surface area contributed by atoms with Crippen molar-refractivity contribution in [1.82, 2.24) is 14.9 Å². The first kappa shape index (κ1) is 17.3. The number of pyridine rings is 1. The molecule has 3 aromatic rings. The van der Waals surface area contributed by atoms with Crippen LogP contribution in [0.25, 0.3) is 17.3 Å². The molecule has 0 saturated heterocycles. The van der Waals surface area contributed by atoms with Gasteiger partial charge in [-0.3, -0.25) is 19.1 Å². The first-order valence-corrected chi connectivity index (χ1v) is 8.53. The van der Waals surface area contributed by atoms with Crippen LogP contribution >= 0.6 is 11.3 Å². The Hall–Kier alpha value is -3.50. The van der Waals surface area contributed by atoms with Crippen LogP contribution in [0.3, 0.4) is 0 Å². The van der Waals surface area contributed by atoms with Gasteiger partial charge in [0.25, 0.3) is 11.5 Å². The molecule has 1 aromatic carbocycles. The second-order valence-corrected chi connectivity index (χ2v) is 6.27. The predicted molar refractivity (Wildman–Crippen MR) is 100 cm³/mol. The highest BCUT2D eigenvalue weighted by Crippen LogP contribution is 2.03. The van der Waals surface area contributed by atoms with Gasteiger partial charge in [0.05, 0.1) is 10.2 Å². The quantitative estimate of drug-likeness (QED) is 0.737. The van der Waals surface area contributed by atoms with Gasteiger partial charge in [-0.1, -0.05) is 18.2 Å². The first-order valence-electron chi connectivity index (χ1n) is 7.71. The summed E-state index contributed by atoms with van der Waals surface area (Å²) in [5.41, 5.74) is 1.01. The fourth-order valence-electron chi connectivity index (χ4n) is 2.39. The Bertz CT molecular complexity index is 1160. The molecule has 0 aliphatic carbocycles. The normalized spacial score (nSPS) is 12.4. The number of nitriles is 1. The maximum Gasteiger partial charge on any atom is 0.273 e. The zero-order valence-corrected chi connectivity index (χ0v) is 14.7. The smallest absolute Gasteiger partial charge is 0.273 e. The number of para-hydroxylation sites is 1. The lowest BCUT2D eigenvalue weighted by molar-refractivity contribution is -0.115. The largest absolute Gasteiger partial charge is 0.354 e. The topological polar surface area (TPSA) is 87.8 Å². The van der Waals surface area contributed by atoms with E-state index in [-0.39, 0.29) is 11.1 Å². The lowest BCUT2D eigenvalue weighted by Gasteiger charge is -2.02. The molecule has 128 valence electrons. The summed E-state index contributed by atoms with van der Waals surface area (Å²) >= 11 is 1.11. The number of nitrogens with zero attached hydrogens (tertiary/aromatic N) is 3. The molecule has 2 heterocycles. The van der Waals surface area contributed by atoms with Crippen LogP contribution in [-0.4, -0.2) is 22.5 Å². The Labute approximate surface area is 153 Å². The van der Waals surface area contributed by atoms with Crippen molar-refractivity contribution in [2.24, 2.45) is 0 Å². The molecule has 26 heavy (non-hydrogen) atoms. The van der Waals surface area contributed by atoms with E-state index in [1.54, 1.807) is 54.9 Å². The molecule has 0 bridgehead atoms. The van der Waals surface area contributed by atoms with E-state index < -0.39 is 5.91 Å². The SMILES string of the molecule is CNC(=O)C(C#N)=c1sc(=Cc2ccncc2)c(=O)n1-c1ccccc1. The zero-order valence-electron chi connectivity index (χ0n) is 13.8. The van der Waals surface area contributed by atoms with Gasteiger partial charge in [0.2, 0.25) is 0 Å². The van der Waals surface area contributed by atoms with Crippen molar-refractivity contribution >= 4 is 28.9 Å². The van der Waals surface area contributed by atoms with Crippen LogP contribution in [0.2, 0.25) is 0 Å². The standard InChI is InChI=1S/C19H14N4O2S/c1-21-17(24)15(12-20)19-23(14-5-3-2-4-6-14)18(25)16(26-19)11-13-7-9-22-10-8-13/h2-11H,1H3,(H,21,24). The number of nitrogens with one attached hydrogen (secondary N) is 1. The predicted octanol–water partition coefficient (Wildman–Crippen LogP) is 0.543. The molecule has 7 heteroatoms. The molecule has 6 nitrogen and oxygen atoms in total. The highest BCUT2D eigenvalue weighted by Gasteiger charge is 2.15. The number of carbonyl (C=O) groups excluding carboxylic acids is 1. The molecular formula is C19H14N4O2S. The summed E-state index contributed by atoms with van der Waals surface area (Å²) in [6, 6.07) is 14.4. The Morgan fingerprint density at radius 3 is 2.54 bits per heavy atom. The molecule has 1 N–H and O–H groups in total. The van der Waals surface area contributed by atoms with Gasteiger partial charge >= 0.3 is 0 Å². The van der Waals surface area contributed by atoms with E-state index in [1.165, 1.54) is 11.6 Å². The van der Waals surface area contributed by atoms with Crippen molar-refractivity contribution < 1.29 is 4.79 Å². The molecule has 0 unspecified atom stereocenters. The van der Waals surface area contributed by atoms with Crippen LogP contribution in [0.15, 0.2) is 59.7 Å². The Morgan fingerprint density at radius 1 is 1.23 bits per heavy atom. The second kappa shape index (κ2) is 7.59. The van der Waals surface area contributed by atoms with Crippen LogP contribution in [0.1, 0.15) is 5.56 Å². The van der Waals surface area contributed by atoms with E-state index in [0.717, 1.165) is 16.9 Å². The van der Waals surface area contributed by atoms with Gasteiger partial charge < -0.3 is 5.32 Å². The maximum absolute atomic E-state index is 13.0. The summed E-state index contributed by atoms with van der Waals surface area (Å²) in [6.07, 6.45) is 4.98. The van der Waals surface area contributed by atoms with Crippen molar-refractivity contribution in [1.29, 1.82) is 5.26 Å². The summed E-state index contributed by atoms with van der Waals surface area (Å²) in [5.74, 6) is -0.533. The molecule has 1 amide bonds. The van der Waals surface area contributed by atoms with Crippen molar-refractivity contribution in [3.63, 3.8) is 0 Å². The number of aromatic nitrogens is 2. The van der Waals surface area contributed by atoms with E-state index in [2.05, 4.69) is 10.3 Å². The number of hydrogen-bond donors (Lipinski definition) is 1. The summed E-state index contributed by atoms with van der Waals surface area (Å²) < 4.78 is 2.11. The number of benzene rings is 1. The van der Waals surface area contributed by atoms with Crippen molar-refractivity contribution in [2.75, 3.05) is 7.05 Å². The van der Waals surface area contributed by atoms with E-state index in [0.29, 0.717) is 14.9 Å². The van der Waals surface area contributed by atoms with Crippen LogP contribution in [0.4, 0.5) is 0 Å². The summed E-state index contributed by atoms with van der Waals surface area (Å²) in [6.45, 7) is 0. The molecule has 2 aromatic heterocycles. The van der Waals surface area contributed by atoms with Crippen LogP contribution in [-0.2, 0) is 4.79 Å². The van der Waals surface area contributed by atoms with Gasteiger partial charge in [-0.2, -0.15) is 5.26 Å². The number of hydrogen-bond acceptors (Lipinski definition) is 5. The van der Waals surface area contributed by atoms with Gasteiger partial charge in [0, 0.05) is 19.4 Å². The zero-order chi connectivity index (χ0) is 18.5. The molecule has 0 aliphatic rings. The highest BCUT2D eigenvalue weighted by atomic mass is 32.1. The monoisotopic (exact) mass is 362 g/mol. The van der Waals surface area contributed by atoms with Crippen LogP contribution in [0, 0.1) is 11.3 Å². The van der Waals surface area contributed by atoms with Crippen LogP contribution in [0.5, 0.6) is 0 Å². The molecular weight excluding hydrogens is 348 g/mol. The number of carbonyl (C=O) groups is 1. The summed E-state index contributed by atoms with van der Waals surface area (Å²) in [5, 5.41) is 11.9. The van der Waals surface area contributed by atoms with Gasteiger partial charge in [-0.25, -0.2) is 0 Å². The molecule has 0 fully saturated rings. The van der Waals surface area contributed by atoms with Crippen molar-refractivity contribution in [3.8, 4) is 11.8 Å². The number of thiazole rings is 1. The fraction of sp³-hybridized carbons (Fsp3) is 0.0526. The average Bonchev–Trinajstić information content (AvgIpc) is 2.99. The van der Waals surface area contributed by atoms with Crippen molar-refractivity contribution in [3.05, 3.63) is 80.0 Å². The van der Waals surface area contributed by atoms with Gasteiger partial charge in [0.1, 0.15) is 10.7 Å². The minimum absolute atomic E-state index is 0.104. The molecule has 0 aliphatic heterocycles. The molecule has 0 saturated carbocycles. The molecule has 0 spiro atoms. The minimum Gasteiger partial charge on any atom is -0.354 e. The molecule has 0 atom stereocenters. The van der Waals surface area contributed by atoms with E-state index in [4.69, 9.17) is 0 Å². The van der Waals surface area contributed by atoms with Gasteiger partial charge in [0.15, 0.2) is 5.57 Å². The first-order chi connectivity index (χ1) is 12.7. The summed E-state index contributed by atoms with van der Waals surface area (Å²) in [7, 11) is 1.45. The highest BCUT2D eigenvalue weighted by molar-refractivity contribution is 7.07. The number of amides is 1. The lowest BCUT2D eigenvalue weighted by atomic mass is 10.2. The fourth-order valence-corrected chi connectivity index (χ4v) is 3.50. The maximum atomic E-state index is 13.0.